The second-order valence-corrected chi connectivity index (χ2v) is 4.22. The fraction of sp³-hybridized carbons (Fsp3) is 0.125. The first-order chi connectivity index (χ1) is 9.70. The van der Waals surface area contributed by atoms with Crippen LogP contribution in [-0.2, 0) is 6.61 Å². The summed E-state index contributed by atoms with van der Waals surface area (Å²) in [6.07, 6.45) is 0. The third kappa shape index (κ3) is 3.72. The summed E-state index contributed by atoms with van der Waals surface area (Å²) in [6.45, 7) is -0.176. The van der Waals surface area contributed by atoms with Crippen molar-refractivity contribution in [2.24, 2.45) is 0 Å². The molecule has 0 fully saturated rings. The summed E-state index contributed by atoms with van der Waals surface area (Å²) in [7, 11) is 0. The maximum Gasteiger partial charge on any atom is 0.132 e. The molecule has 0 atom stereocenters. The number of ether oxygens (including phenoxy) is 1. The van der Waals surface area contributed by atoms with Crippen molar-refractivity contribution in [1.82, 2.24) is 0 Å². The van der Waals surface area contributed by atoms with Gasteiger partial charge in [-0.15, -0.1) is 11.6 Å². The number of rotatable bonds is 3. The summed E-state index contributed by atoms with van der Waals surface area (Å²) in [5.41, 5.74) is 0.641. The Balaban J connectivity index is 2.11. The second-order valence-electron chi connectivity index (χ2n) is 3.95. The molecule has 0 aliphatic carbocycles. The first-order valence-corrected chi connectivity index (χ1v) is 6.45. The van der Waals surface area contributed by atoms with Crippen molar-refractivity contribution in [3.63, 3.8) is 0 Å². The van der Waals surface area contributed by atoms with Crippen molar-refractivity contribution in [1.29, 1.82) is 0 Å². The maximum absolute atomic E-state index is 13.4. The highest BCUT2D eigenvalue weighted by Crippen LogP contribution is 2.17. The largest absolute Gasteiger partial charge is 0.489 e. The maximum atomic E-state index is 13.4. The molecule has 20 heavy (non-hydrogen) atoms. The van der Waals surface area contributed by atoms with E-state index in [1.807, 2.05) is 0 Å². The molecule has 0 bridgehead atoms. The van der Waals surface area contributed by atoms with Crippen molar-refractivity contribution >= 4 is 11.6 Å². The SMILES string of the molecule is Fc1cccc(F)c1COc1cccc(C#CCCl)c1. The molecule has 0 spiro atoms. The van der Waals surface area contributed by atoms with Crippen LogP contribution in [0.5, 0.6) is 5.75 Å². The Morgan fingerprint density at radius 2 is 1.75 bits per heavy atom. The van der Waals surface area contributed by atoms with E-state index in [1.165, 1.54) is 18.2 Å². The molecule has 2 rings (SSSR count). The Labute approximate surface area is 121 Å². The molecule has 0 unspecified atom stereocenters. The minimum absolute atomic E-state index is 0.0928. The first kappa shape index (κ1) is 14.4. The van der Waals surface area contributed by atoms with Gasteiger partial charge in [0.2, 0.25) is 0 Å². The summed E-state index contributed by atoms with van der Waals surface area (Å²) < 4.78 is 32.3. The fourth-order valence-electron chi connectivity index (χ4n) is 1.62. The molecule has 2 aromatic rings. The van der Waals surface area contributed by atoms with Gasteiger partial charge in [-0.05, 0) is 30.3 Å². The van der Waals surface area contributed by atoms with E-state index in [0.29, 0.717) is 5.75 Å². The molecule has 0 radical (unpaired) electrons. The van der Waals surface area contributed by atoms with E-state index in [4.69, 9.17) is 16.3 Å². The van der Waals surface area contributed by atoms with Gasteiger partial charge >= 0.3 is 0 Å². The third-order valence-corrected chi connectivity index (χ3v) is 2.71. The first-order valence-electron chi connectivity index (χ1n) is 5.91. The van der Waals surface area contributed by atoms with Crippen LogP contribution in [0.1, 0.15) is 11.1 Å². The average molecular weight is 293 g/mol. The zero-order valence-electron chi connectivity index (χ0n) is 10.5. The Kier molecular flexibility index (Phi) is 4.97. The van der Waals surface area contributed by atoms with Gasteiger partial charge < -0.3 is 4.74 Å². The molecule has 0 saturated heterocycles. The molecule has 1 nitrogen and oxygen atoms in total. The molecular formula is C16H11ClF2O. The van der Waals surface area contributed by atoms with Gasteiger partial charge in [0, 0.05) is 5.56 Å². The molecule has 0 aliphatic rings. The van der Waals surface area contributed by atoms with Gasteiger partial charge in [0.15, 0.2) is 0 Å². The van der Waals surface area contributed by atoms with Gasteiger partial charge in [0.1, 0.15) is 24.0 Å². The number of hydrogen-bond acceptors (Lipinski definition) is 1. The molecule has 0 saturated carbocycles. The van der Waals surface area contributed by atoms with Gasteiger partial charge in [0.25, 0.3) is 0 Å². The van der Waals surface area contributed by atoms with Crippen LogP contribution in [0.4, 0.5) is 8.78 Å². The minimum Gasteiger partial charge on any atom is -0.489 e. The highest BCUT2D eigenvalue weighted by molar-refractivity contribution is 6.19. The lowest BCUT2D eigenvalue weighted by Crippen LogP contribution is -2.01. The summed E-state index contributed by atoms with van der Waals surface area (Å²) in [4.78, 5) is 0. The van der Waals surface area contributed by atoms with Crippen LogP contribution in [-0.4, -0.2) is 5.88 Å². The molecule has 102 valence electrons. The van der Waals surface area contributed by atoms with E-state index in [2.05, 4.69) is 11.8 Å². The third-order valence-electron chi connectivity index (χ3n) is 2.58. The van der Waals surface area contributed by atoms with E-state index in [1.54, 1.807) is 24.3 Å². The second kappa shape index (κ2) is 6.93. The monoisotopic (exact) mass is 292 g/mol. The molecule has 0 heterocycles. The molecular weight excluding hydrogens is 282 g/mol. The van der Waals surface area contributed by atoms with Gasteiger partial charge in [-0.2, -0.15) is 0 Å². The standard InChI is InChI=1S/C16H11ClF2O/c17-9-3-5-12-4-1-6-13(10-12)20-11-14-15(18)7-2-8-16(14)19/h1-2,4,6-8,10H,9,11H2. The summed E-state index contributed by atoms with van der Waals surface area (Å²) >= 11 is 5.48. The van der Waals surface area contributed by atoms with Crippen molar-refractivity contribution in [3.8, 4) is 17.6 Å². The van der Waals surface area contributed by atoms with Crippen LogP contribution >= 0.6 is 11.6 Å². The highest BCUT2D eigenvalue weighted by atomic mass is 35.5. The van der Waals surface area contributed by atoms with Crippen molar-refractivity contribution < 1.29 is 13.5 Å². The molecule has 2 aromatic carbocycles. The number of alkyl halides is 1. The van der Waals surface area contributed by atoms with E-state index >= 15 is 0 Å². The lowest BCUT2D eigenvalue weighted by molar-refractivity contribution is 0.292. The van der Waals surface area contributed by atoms with Gasteiger partial charge in [0.05, 0.1) is 11.4 Å². The number of benzene rings is 2. The molecule has 0 aliphatic heterocycles. The fourth-order valence-corrected chi connectivity index (χ4v) is 1.69. The van der Waals surface area contributed by atoms with Crippen LogP contribution in [0.2, 0.25) is 0 Å². The Hall–Kier alpha value is -2.05. The quantitative estimate of drug-likeness (QED) is 0.610. The molecule has 0 N–H and O–H groups in total. The average Bonchev–Trinajstić information content (AvgIpc) is 2.45. The van der Waals surface area contributed by atoms with Gasteiger partial charge in [-0.3, -0.25) is 0 Å². The van der Waals surface area contributed by atoms with Crippen molar-refractivity contribution in [3.05, 3.63) is 65.2 Å². The predicted molar refractivity (Wildman–Crippen MR) is 74.7 cm³/mol. The van der Waals surface area contributed by atoms with E-state index < -0.39 is 11.6 Å². The minimum atomic E-state index is -0.622. The zero-order valence-corrected chi connectivity index (χ0v) is 11.3. The van der Waals surface area contributed by atoms with Crippen LogP contribution in [0, 0.1) is 23.5 Å². The highest BCUT2D eigenvalue weighted by Gasteiger charge is 2.08. The number of hydrogen-bond donors (Lipinski definition) is 0. The summed E-state index contributed by atoms with van der Waals surface area (Å²) in [6, 6.07) is 10.7. The van der Waals surface area contributed by atoms with Crippen LogP contribution in [0.15, 0.2) is 42.5 Å². The number of halogens is 3. The Morgan fingerprint density at radius 1 is 1.05 bits per heavy atom. The predicted octanol–water partition coefficient (Wildman–Crippen LogP) is 4.13. The van der Waals surface area contributed by atoms with E-state index in [9.17, 15) is 8.78 Å². The topological polar surface area (TPSA) is 9.23 Å². The smallest absolute Gasteiger partial charge is 0.132 e. The van der Waals surface area contributed by atoms with Gasteiger partial charge in [-0.1, -0.05) is 24.0 Å². The summed E-state index contributed by atoms with van der Waals surface area (Å²) in [5, 5.41) is 0. The molecule has 0 aromatic heterocycles. The Bertz CT molecular complexity index is 639. The van der Waals surface area contributed by atoms with Crippen molar-refractivity contribution in [2.45, 2.75) is 6.61 Å². The lowest BCUT2D eigenvalue weighted by atomic mass is 10.2. The Morgan fingerprint density at radius 3 is 2.45 bits per heavy atom. The molecule has 0 amide bonds. The van der Waals surface area contributed by atoms with Gasteiger partial charge in [-0.25, -0.2) is 8.78 Å². The van der Waals surface area contributed by atoms with Crippen LogP contribution in [0.3, 0.4) is 0 Å². The van der Waals surface area contributed by atoms with E-state index in [0.717, 1.165) is 5.56 Å². The normalized spacial score (nSPS) is 9.75. The van der Waals surface area contributed by atoms with Crippen LogP contribution in [0.25, 0.3) is 0 Å². The summed E-state index contributed by atoms with van der Waals surface area (Å²) in [5.74, 6) is 5.06. The lowest BCUT2D eigenvalue weighted by Gasteiger charge is -2.08. The van der Waals surface area contributed by atoms with E-state index in [-0.39, 0.29) is 18.1 Å². The van der Waals surface area contributed by atoms with Crippen LogP contribution < -0.4 is 4.74 Å². The molecule has 4 heteroatoms. The van der Waals surface area contributed by atoms with Crippen molar-refractivity contribution in [2.75, 3.05) is 5.88 Å². The zero-order chi connectivity index (χ0) is 14.4.